The molecule has 148 valence electrons. The smallest absolute Gasteiger partial charge is 0.239 e. The van der Waals surface area contributed by atoms with Crippen molar-refractivity contribution in [3.05, 3.63) is 29.8 Å². The highest BCUT2D eigenvalue weighted by molar-refractivity contribution is 5.86. The Morgan fingerprint density at radius 2 is 1.73 bits per heavy atom. The molecule has 0 saturated carbocycles. The third-order valence-electron chi connectivity index (χ3n) is 4.21. The number of hydrogen-bond donors (Lipinski definition) is 3. The summed E-state index contributed by atoms with van der Waals surface area (Å²) in [6.45, 7) is 2.39. The number of amides is 2. The second-order valence-electron chi connectivity index (χ2n) is 5.82. The summed E-state index contributed by atoms with van der Waals surface area (Å²) in [5.41, 5.74) is 6.34. The Kier molecular flexibility index (Phi) is 12.0. The number of carbonyl (C=O) groups excluding carboxylic acids is 2. The van der Waals surface area contributed by atoms with Gasteiger partial charge in [-0.1, -0.05) is 12.1 Å². The number of hydrogen-bond acceptors (Lipinski definition) is 5. The minimum absolute atomic E-state index is 0. The molecular formula is C17H28Cl2N4O3. The molecule has 1 aromatic carbocycles. The zero-order chi connectivity index (χ0) is 17.4. The lowest BCUT2D eigenvalue weighted by molar-refractivity contribution is -0.125. The summed E-state index contributed by atoms with van der Waals surface area (Å²) < 4.78 is 5.20. The maximum absolute atomic E-state index is 11.9. The van der Waals surface area contributed by atoms with E-state index in [4.69, 9.17) is 10.5 Å². The molecule has 0 aromatic heterocycles. The molecule has 0 radical (unpaired) electrons. The maximum atomic E-state index is 11.9. The Hall–Kier alpha value is -1.54. The molecule has 1 aliphatic heterocycles. The quantitative estimate of drug-likeness (QED) is 0.594. The molecule has 1 unspecified atom stereocenters. The van der Waals surface area contributed by atoms with Crippen LogP contribution in [0.5, 0.6) is 5.75 Å². The molecule has 2 rings (SSSR count). The van der Waals surface area contributed by atoms with E-state index in [0.717, 1.165) is 24.4 Å². The fourth-order valence-corrected chi connectivity index (χ4v) is 2.86. The van der Waals surface area contributed by atoms with Crippen LogP contribution in [0.2, 0.25) is 0 Å². The minimum atomic E-state index is -0.337. The van der Waals surface area contributed by atoms with Gasteiger partial charge in [-0.2, -0.15) is 0 Å². The van der Waals surface area contributed by atoms with Crippen molar-refractivity contribution in [2.75, 3.05) is 39.8 Å². The zero-order valence-electron chi connectivity index (χ0n) is 14.9. The lowest BCUT2D eigenvalue weighted by atomic mass is 10.1. The van der Waals surface area contributed by atoms with E-state index in [1.54, 1.807) is 7.11 Å². The van der Waals surface area contributed by atoms with Crippen molar-refractivity contribution in [1.29, 1.82) is 0 Å². The summed E-state index contributed by atoms with van der Waals surface area (Å²) in [6, 6.07) is 8.05. The second kappa shape index (κ2) is 12.8. The summed E-state index contributed by atoms with van der Waals surface area (Å²) in [7, 11) is 1.64. The first-order chi connectivity index (χ1) is 11.6. The summed E-state index contributed by atoms with van der Waals surface area (Å²) in [5, 5.41) is 5.37. The second-order valence-corrected chi connectivity index (χ2v) is 5.82. The first-order valence-electron chi connectivity index (χ1n) is 8.25. The van der Waals surface area contributed by atoms with Crippen molar-refractivity contribution in [3.63, 3.8) is 0 Å². The molecule has 1 fully saturated rings. The number of halogens is 2. The highest BCUT2D eigenvalue weighted by Gasteiger charge is 2.24. The Bertz CT molecular complexity index is 551. The van der Waals surface area contributed by atoms with Gasteiger partial charge < -0.3 is 21.1 Å². The van der Waals surface area contributed by atoms with E-state index in [2.05, 4.69) is 15.5 Å². The fraction of sp³-hybridized carbons (Fsp3) is 0.529. The van der Waals surface area contributed by atoms with Crippen molar-refractivity contribution >= 4 is 36.6 Å². The first kappa shape index (κ1) is 24.5. The van der Waals surface area contributed by atoms with Crippen LogP contribution in [0.25, 0.3) is 0 Å². The van der Waals surface area contributed by atoms with Gasteiger partial charge in [0.25, 0.3) is 0 Å². The van der Waals surface area contributed by atoms with Gasteiger partial charge in [-0.15, -0.1) is 24.8 Å². The van der Waals surface area contributed by atoms with Crippen LogP contribution >= 0.6 is 24.8 Å². The van der Waals surface area contributed by atoms with E-state index >= 15 is 0 Å². The zero-order valence-corrected chi connectivity index (χ0v) is 16.5. The van der Waals surface area contributed by atoms with E-state index in [0.29, 0.717) is 6.54 Å². The molecule has 0 aliphatic carbocycles. The Morgan fingerprint density at radius 1 is 1.12 bits per heavy atom. The van der Waals surface area contributed by atoms with Crippen molar-refractivity contribution < 1.29 is 14.3 Å². The molecule has 4 N–H and O–H groups in total. The van der Waals surface area contributed by atoms with Crippen LogP contribution in [0.3, 0.4) is 0 Å². The Labute approximate surface area is 166 Å². The number of likely N-dealkylation sites (tertiary alicyclic amines) is 1. The molecular weight excluding hydrogens is 379 g/mol. The highest BCUT2D eigenvalue weighted by atomic mass is 35.5. The van der Waals surface area contributed by atoms with Gasteiger partial charge in [0.05, 0.1) is 26.2 Å². The number of carbonyl (C=O) groups is 2. The highest BCUT2D eigenvalue weighted by Crippen LogP contribution is 2.26. The van der Waals surface area contributed by atoms with E-state index in [9.17, 15) is 9.59 Å². The number of ether oxygens (including phenoxy) is 1. The van der Waals surface area contributed by atoms with Crippen LogP contribution in [0.4, 0.5) is 0 Å². The van der Waals surface area contributed by atoms with E-state index in [1.807, 2.05) is 24.3 Å². The van der Waals surface area contributed by atoms with Crippen LogP contribution in [0, 0.1) is 0 Å². The van der Waals surface area contributed by atoms with E-state index in [1.165, 1.54) is 12.8 Å². The van der Waals surface area contributed by atoms with Gasteiger partial charge in [0.2, 0.25) is 11.8 Å². The molecule has 9 heteroatoms. The minimum Gasteiger partial charge on any atom is -0.497 e. The van der Waals surface area contributed by atoms with Crippen LogP contribution in [-0.4, -0.2) is 56.5 Å². The fourth-order valence-electron chi connectivity index (χ4n) is 2.86. The molecule has 0 spiro atoms. The van der Waals surface area contributed by atoms with E-state index < -0.39 is 0 Å². The van der Waals surface area contributed by atoms with Gasteiger partial charge in [-0.25, -0.2) is 0 Å². The Morgan fingerprint density at radius 3 is 2.27 bits per heavy atom. The number of nitrogens with zero attached hydrogens (tertiary/aromatic N) is 1. The van der Waals surface area contributed by atoms with Gasteiger partial charge in [0.15, 0.2) is 0 Å². The average Bonchev–Trinajstić information content (AvgIpc) is 3.14. The summed E-state index contributed by atoms with van der Waals surface area (Å²) >= 11 is 0. The van der Waals surface area contributed by atoms with Gasteiger partial charge in [0, 0.05) is 6.54 Å². The summed E-state index contributed by atoms with van der Waals surface area (Å²) in [5.74, 6) is 0.262. The topological polar surface area (TPSA) is 96.7 Å². The molecule has 0 bridgehead atoms. The third kappa shape index (κ3) is 7.37. The lowest BCUT2D eigenvalue weighted by Crippen LogP contribution is -2.42. The van der Waals surface area contributed by atoms with Gasteiger partial charge in [-0.05, 0) is 43.6 Å². The largest absolute Gasteiger partial charge is 0.497 e. The number of benzene rings is 1. The van der Waals surface area contributed by atoms with Crippen LogP contribution in [-0.2, 0) is 9.59 Å². The van der Waals surface area contributed by atoms with Crippen molar-refractivity contribution in [3.8, 4) is 5.75 Å². The molecule has 26 heavy (non-hydrogen) atoms. The van der Waals surface area contributed by atoms with Gasteiger partial charge >= 0.3 is 0 Å². The Balaban J connectivity index is 0.00000312. The average molecular weight is 407 g/mol. The predicted octanol–water partition coefficient (Wildman–Crippen LogP) is 0.867. The van der Waals surface area contributed by atoms with Crippen LogP contribution < -0.4 is 21.1 Å². The molecule has 1 saturated heterocycles. The van der Waals surface area contributed by atoms with Crippen LogP contribution in [0.15, 0.2) is 24.3 Å². The standard InChI is InChI=1S/C17H26N4O3.2ClH/c1-24-14-6-4-13(5-7-14)15(21-8-2-3-9-21)11-19-17(23)12-20-16(22)10-18;;/h4-7,15H,2-3,8-12,18H2,1H3,(H,19,23)(H,20,22);2*1H. The van der Waals surface area contributed by atoms with Gasteiger partial charge in [0.1, 0.15) is 5.75 Å². The van der Waals surface area contributed by atoms with Crippen LogP contribution in [0.1, 0.15) is 24.4 Å². The van der Waals surface area contributed by atoms with Crippen molar-refractivity contribution in [2.45, 2.75) is 18.9 Å². The SMILES string of the molecule is COc1ccc(C(CNC(=O)CNC(=O)CN)N2CCCC2)cc1.Cl.Cl. The summed E-state index contributed by atoms with van der Waals surface area (Å²) in [6.07, 6.45) is 2.35. The molecule has 1 heterocycles. The lowest BCUT2D eigenvalue weighted by Gasteiger charge is -2.28. The maximum Gasteiger partial charge on any atom is 0.239 e. The number of rotatable bonds is 8. The third-order valence-corrected chi connectivity index (χ3v) is 4.21. The van der Waals surface area contributed by atoms with Crippen molar-refractivity contribution in [2.24, 2.45) is 5.73 Å². The molecule has 7 nitrogen and oxygen atoms in total. The first-order valence-corrected chi connectivity index (χ1v) is 8.25. The number of methoxy groups -OCH3 is 1. The van der Waals surface area contributed by atoms with Crippen molar-refractivity contribution in [1.82, 2.24) is 15.5 Å². The molecule has 2 amide bonds. The summed E-state index contributed by atoms with van der Waals surface area (Å²) in [4.78, 5) is 25.4. The van der Waals surface area contributed by atoms with Gasteiger partial charge in [-0.3, -0.25) is 14.5 Å². The molecule has 1 atom stereocenters. The predicted molar refractivity (Wildman–Crippen MR) is 106 cm³/mol. The molecule has 1 aromatic rings. The van der Waals surface area contributed by atoms with E-state index in [-0.39, 0.29) is 55.8 Å². The molecule has 1 aliphatic rings. The number of nitrogens with two attached hydrogens (primary N) is 1. The number of nitrogens with one attached hydrogen (secondary N) is 2. The normalized spacial score (nSPS) is 14.5. The monoisotopic (exact) mass is 406 g/mol.